The molecule has 4 heterocycles. The molecule has 2 N–H and O–H groups in total. The predicted molar refractivity (Wildman–Crippen MR) is 96.4 cm³/mol. The van der Waals surface area contributed by atoms with Crippen molar-refractivity contribution in [1.82, 2.24) is 34.1 Å². The van der Waals surface area contributed by atoms with Crippen molar-refractivity contribution in [3.63, 3.8) is 0 Å². The summed E-state index contributed by atoms with van der Waals surface area (Å²) in [7, 11) is -3.14. The summed E-state index contributed by atoms with van der Waals surface area (Å²) in [5, 5.41) is 14.6. The monoisotopic (exact) mass is 396 g/mol. The molecule has 0 unspecified atom stereocenters. The number of halogens is 1. The molecule has 0 atom stereocenters. The van der Waals surface area contributed by atoms with E-state index in [0.29, 0.717) is 48.2 Å². The molecular weight excluding hydrogens is 380 g/mol. The molecule has 3 aromatic rings. The second-order valence-electron chi connectivity index (χ2n) is 6.18. The summed E-state index contributed by atoms with van der Waals surface area (Å²) in [5.41, 5.74) is 1.84. The molecule has 0 amide bonds. The second-order valence-corrected chi connectivity index (χ2v) is 8.54. The topological polar surface area (TPSA) is 121 Å². The molecule has 10 nitrogen and oxygen atoms in total. The molecule has 0 radical (unpaired) electrons. The molecule has 1 aliphatic rings. The van der Waals surface area contributed by atoms with Crippen LogP contribution < -0.4 is 5.32 Å². The van der Waals surface area contributed by atoms with Crippen molar-refractivity contribution in [2.45, 2.75) is 18.9 Å². The van der Waals surface area contributed by atoms with Gasteiger partial charge in [-0.2, -0.15) is 14.6 Å². The first-order valence-electron chi connectivity index (χ1n) is 8.03. The summed E-state index contributed by atoms with van der Waals surface area (Å²) in [4.78, 5) is 8.76. The Hall–Kier alpha value is -2.24. The zero-order valence-corrected chi connectivity index (χ0v) is 15.5. The standard InChI is InChI=1S/C14H17ClN8O2S/c1-26(24,25)22-4-2-10(3-5-22)19-14-20-13-11(15)12(9-6-17-18-7-9)16-8-23(13)21-14/h6-8,10H,2-5H2,1H3,(H,17,18)(H,19,21). The van der Waals surface area contributed by atoms with Crippen molar-refractivity contribution in [2.75, 3.05) is 24.7 Å². The molecule has 1 fully saturated rings. The summed E-state index contributed by atoms with van der Waals surface area (Å²) in [6.45, 7) is 0.966. The van der Waals surface area contributed by atoms with Crippen molar-refractivity contribution in [1.29, 1.82) is 0 Å². The van der Waals surface area contributed by atoms with Gasteiger partial charge in [0.25, 0.3) is 0 Å². The predicted octanol–water partition coefficient (Wildman–Crippen LogP) is 1.00. The Balaban J connectivity index is 1.53. The summed E-state index contributed by atoms with van der Waals surface area (Å²) in [5.74, 6) is 0.441. The van der Waals surface area contributed by atoms with Crippen LogP contribution in [0.25, 0.3) is 16.9 Å². The minimum absolute atomic E-state index is 0.102. The lowest BCUT2D eigenvalue weighted by Gasteiger charge is -2.30. The maximum Gasteiger partial charge on any atom is 0.243 e. The maximum absolute atomic E-state index is 11.6. The van der Waals surface area contributed by atoms with Gasteiger partial charge in [-0.1, -0.05) is 11.6 Å². The molecule has 1 aliphatic heterocycles. The van der Waals surface area contributed by atoms with E-state index in [2.05, 4.69) is 30.6 Å². The molecule has 26 heavy (non-hydrogen) atoms. The summed E-state index contributed by atoms with van der Waals surface area (Å²) in [6.07, 6.45) is 7.50. The number of nitrogens with zero attached hydrogens (tertiary/aromatic N) is 6. The van der Waals surface area contributed by atoms with Crippen LogP contribution in [0.4, 0.5) is 5.95 Å². The first-order chi connectivity index (χ1) is 12.4. The summed E-state index contributed by atoms with van der Waals surface area (Å²) < 4.78 is 26.2. The SMILES string of the molecule is CS(=O)(=O)N1CCC(Nc2nc3c(Cl)c(-c4cn[nH]c4)ncn3n2)CC1. The fourth-order valence-corrected chi connectivity index (χ4v) is 4.15. The average Bonchev–Trinajstić information content (AvgIpc) is 3.25. The molecule has 4 rings (SSSR count). The second kappa shape index (κ2) is 6.49. The van der Waals surface area contributed by atoms with Crippen LogP contribution in [0.2, 0.25) is 5.02 Å². The van der Waals surface area contributed by atoms with Gasteiger partial charge in [-0.3, -0.25) is 5.10 Å². The quantitative estimate of drug-likeness (QED) is 0.674. The number of aromatic nitrogens is 6. The van der Waals surface area contributed by atoms with Gasteiger partial charge in [0, 0.05) is 30.9 Å². The van der Waals surface area contributed by atoms with Crippen LogP contribution in [0, 0.1) is 0 Å². The van der Waals surface area contributed by atoms with Crippen LogP contribution in [0.3, 0.4) is 0 Å². The van der Waals surface area contributed by atoms with Gasteiger partial charge in [0.15, 0.2) is 5.65 Å². The van der Waals surface area contributed by atoms with E-state index in [4.69, 9.17) is 11.6 Å². The molecule has 0 spiro atoms. The van der Waals surface area contributed by atoms with E-state index in [1.807, 2.05) is 0 Å². The normalized spacial score (nSPS) is 17.0. The van der Waals surface area contributed by atoms with Crippen LogP contribution >= 0.6 is 11.6 Å². The van der Waals surface area contributed by atoms with Gasteiger partial charge in [0.2, 0.25) is 16.0 Å². The number of H-pyrrole nitrogens is 1. The fraction of sp³-hybridized carbons (Fsp3) is 0.429. The number of piperidine rings is 1. The molecule has 0 saturated carbocycles. The van der Waals surface area contributed by atoms with Crippen molar-refractivity contribution < 1.29 is 8.42 Å². The van der Waals surface area contributed by atoms with Gasteiger partial charge >= 0.3 is 0 Å². The van der Waals surface area contributed by atoms with Crippen molar-refractivity contribution in [3.05, 3.63) is 23.7 Å². The third kappa shape index (κ3) is 3.24. The molecule has 0 aliphatic carbocycles. The lowest BCUT2D eigenvalue weighted by atomic mass is 10.1. The third-order valence-electron chi connectivity index (χ3n) is 4.36. The minimum Gasteiger partial charge on any atom is -0.350 e. The zero-order chi connectivity index (χ0) is 18.3. The Morgan fingerprint density at radius 1 is 1.35 bits per heavy atom. The van der Waals surface area contributed by atoms with Crippen molar-refractivity contribution in [3.8, 4) is 11.3 Å². The van der Waals surface area contributed by atoms with E-state index in [-0.39, 0.29) is 6.04 Å². The largest absolute Gasteiger partial charge is 0.350 e. The van der Waals surface area contributed by atoms with Gasteiger partial charge in [0.1, 0.15) is 11.3 Å². The Labute approximate surface area is 154 Å². The van der Waals surface area contributed by atoms with Gasteiger partial charge in [0.05, 0.1) is 18.1 Å². The summed E-state index contributed by atoms with van der Waals surface area (Å²) >= 11 is 6.43. The lowest BCUT2D eigenvalue weighted by Crippen LogP contribution is -2.41. The number of nitrogens with one attached hydrogen (secondary N) is 2. The maximum atomic E-state index is 11.6. The highest BCUT2D eigenvalue weighted by Gasteiger charge is 2.25. The van der Waals surface area contributed by atoms with E-state index in [0.717, 1.165) is 5.56 Å². The average molecular weight is 397 g/mol. The molecular formula is C14H17ClN8O2S. The Morgan fingerprint density at radius 2 is 2.12 bits per heavy atom. The minimum atomic E-state index is -3.14. The van der Waals surface area contributed by atoms with Crippen LogP contribution in [0.15, 0.2) is 18.7 Å². The number of aromatic amines is 1. The van der Waals surface area contributed by atoms with E-state index >= 15 is 0 Å². The van der Waals surface area contributed by atoms with Gasteiger partial charge in [-0.15, -0.1) is 5.10 Å². The van der Waals surface area contributed by atoms with E-state index in [1.165, 1.54) is 15.1 Å². The molecule has 138 valence electrons. The highest BCUT2D eigenvalue weighted by molar-refractivity contribution is 7.88. The fourth-order valence-electron chi connectivity index (χ4n) is 2.99. The molecule has 3 aromatic heterocycles. The van der Waals surface area contributed by atoms with E-state index < -0.39 is 10.0 Å². The van der Waals surface area contributed by atoms with Crippen molar-refractivity contribution in [2.24, 2.45) is 0 Å². The first-order valence-corrected chi connectivity index (χ1v) is 10.3. The van der Waals surface area contributed by atoms with Gasteiger partial charge in [-0.25, -0.2) is 17.7 Å². The number of anilines is 1. The van der Waals surface area contributed by atoms with Crippen LogP contribution in [-0.4, -0.2) is 67.9 Å². The number of rotatable bonds is 4. The van der Waals surface area contributed by atoms with E-state index in [1.54, 1.807) is 18.7 Å². The number of sulfonamides is 1. The van der Waals surface area contributed by atoms with Crippen LogP contribution in [-0.2, 0) is 10.0 Å². The zero-order valence-electron chi connectivity index (χ0n) is 13.9. The third-order valence-corrected chi connectivity index (χ3v) is 6.01. The van der Waals surface area contributed by atoms with Gasteiger partial charge < -0.3 is 5.32 Å². The molecule has 0 bridgehead atoms. The van der Waals surface area contributed by atoms with Gasteiger partial charge in [-0.05, 0) is 12.8 Å². The van der Waals surface area contributed by atoms with Crippen LogP contribution in [0.1, 0.15) is 12.8 Å². The highest BCUT2D eigenvalue weighted by atomic mass is 35.5. The number of hydrogen-bond donors (Lipinski definition) is 2. The molecule has 1 saturated heterocycles. The lowest BCUT2D eigenvalue weighted by molar-refractivity contribution is 0.331. The Bertz CT molecular complexity index is 1020. The summed E-state index contributed by atoms with van der Waals surface area (Å²) in [6, 6.07) is 0.102. The Morgan fingerprint density at radius 3 is 2.77 bits per heavy atom. The smallest absolute Gasteiger partial charge is 0.243 e. The van der Waals surface area contributed by atoms with Crippen LogP contribution in [0.5, 0.6) is 0 Å². The Kier molecular flexibility index (Phi) is 4.29. The van der Waals surface area contributed by atoms with Crippen molar-refractivity contribution >= 4 is 33.2 Å². The van der Waals surface area contributed by atoms with E-state index in [9.17, 15) is 8.42 Å². The molecule has 0 aromatic carbocycles. The molecule has 12 heteroatoms. The number of fused-ring (bicyclic) bond motifs is 1. The highest BCUT2D eigenvalue weighted by Crippen LogP contribution is 2.28. The first kappa shape index (κ1) is 17.2. The number of hydrogen-bond acceptors (Lipinski definition) is 7.